The van der Waals surface area contributed by atoms with Crippen molar-refractivity contribution in [3.05, 3.63) is 0 Å². The number of hydrogen-bond acceptors (Lipinski definition) is 1. The average molecular weight is 185 g/mol. The van der Waals surface area contributed by atoms with Crippen LogP contribution < -0.4 is 0 Å². The first-order valence-electron chi connectivity index (χ1n) is 5.82. The van der Waals surface area contributed by atoms with Crippen molar-refractivity contribution in [1.82, 2.24) is 4.90 Å². The van der Waals surface area contributed by atoms with Crippen LogP contribution in [-0.4, -0.2) is 24.0 Å². The monoisotopic (exact) mass is 185 g/mol. The molecule has 0 saturated carbocycles. The van der Waals surface area contributed by atoms with E-state index >= 15 is 0 Å². The largest absolute Gasteiger partial charge is 0.301 e. The minimum Gasteiger partial charge on any atom is -0.301 e. The van der Waals surface area contributed by atoms with Gasteiger partial charge < -0.3 is 4.90 Å². The van der Waals surface area contributed by atoms with Crippen molar-refractivity contribution < 1.29 is 0 Å². The molecule has 0 aliphatic rings. The Labute approximate surface area is 84.5 Å². The van der Waals surface area contributed by atoms with Crippen molar-refractivity contribution >= 4 is 0 Å². The highest BCUT2D eigenvalue weighted by Gasteiger charge is 2.08. The standard InChI is InChI=1S/C12H27N/c1-6-7-9-13(12(4)5)10-8-11(2)3/h11-12H,6-10H2,1-5H3. The van der Waals surface area contributed by atoms with Crippen molar-refractivity contribution in [2.45, 2.75) is 59.9 Å². The second-order valence-electron chi connectivity index (χ2n) is 4.67. The van der Waals surface area contributed by atoms with Gasteiger partial charge in [-0.25, -0.2) is 0 Å². The molecule has 0 saturated heterocycles. The van der Waals surface area contributed by atoms with E-state index in [9.17, 15) is 0 Å². The number of hydrogen-bond donors (Lipinski definition) is 0. The Morgan fingerprint density at radius 1 is 1.00 bits per heavy atom. The Morgan fingerprint density at radius 3 is 2.00 bits per heavy atom. The lowest BCUT2D eigenvalue weighted by Crippen LogP contribution is -2.33. The molecular weight excluding hydrogens is 158 g/mol. The molecule has 0 aliphatic heterocycles. The Morgan fingerprint density at radius 2 is 1.62 bits per heavy atom. The summed E-state index contributed by atoms with van der Waals surface area (Å²) >= 11 is 0. The van der Waals surface area contributed by atoms with Crippen LogP contribution in [0, 0.1) is 5.92 Å². The van der Waals surface area contributed by atoms with Crippen LogP contribution in [0.15, 0.2) is 0 Å². The van der Waals surface area contributed by atoms with Crippen molar-refractivity contribution in [3.63, 3.8) is 0 Å². The first-order valence-corrected chi connectivity index (χ1v) is 5.82. The van der Waals surface area contributed by atoms with Crippen molar-refractivity contribution in [2.24, 2.45) is 5.92 Å². The van der Waals surface area contributed by atoms with Gasteiger partial charge in [-0.3, -0.25) is 0 Å². The molecule has 0 aromatic carbocycles. The highest BCUT2D eigenvalue weighted by Crippen LogP contribution is 2.06. The molecule has 0 bridgehead atoms. The van der Waals surface area contributed by atoms with E-state index in [1.54, 1.807) is 0 Å². The first-order chi connectivity index (χ1) is 6.07. The predicted molar refractivity (Wildman–Crippen MR) is 61.1 cm³/mol. The minimum absolute atomic E-state index is 0.713. The molecule has 0 atom stereocenters. The zero-order valence-electron chi connectivity index (χ0n) is 10.1. The van der Waals surface area contributed by atoms with Crippen LogP contribution in [0.4, 0.5) is 0 Å². The Bertz CT molecular complexity index is 108. The van der Waals surface area contributed by atoms with Gasteiger partial charge in [0.25, 0.3) is 0 Å². The molecule has 80 valence electrons. The van der Waals surface area contributed by atoms with Crippen molar-refractivity contribution in [1.29, 1.82) is 0 Å². The normalized spacial score (nSPS) is 12.0. The van der Waals surface area contributed by atoms with Crippen LogP contribution in [0.2, 0.25) is 0 Å². The lowest BCUT2D eigenvalue weighted by atomic mass is 10.1. The number of rotatable bonds is 7. The summed E-state index contributed by atoms with van der Waals surface area (Å²) in [5.74, 6) is 0.836. The second-order valence-corrected chi connectivity index (χ2v) is 4.67. The van der Waals surface area contributed by atoms with E-state index in [-0.39, 0.29) is 0 Å². The van der Waals surface area contributed by atoms with Gasteiger partial charge in [0.05, 0.1) is 0 Å². The number of unbranched alkanes of at least 4 members (excludes halogenated alkanes) is 1. The van der Waals surface area contributed by atoms with Gasteiger partial charge in [-0.15, -0.1) is 0 Å². The fourth-order valence-electron chi connectivity index (χ4n) is 1.41. The van der Waals surface area contributed by atoms with Crippen molar-refractivity contribution in [2.75, 3.05) is 13.1 Å². The highest BCUT2D eigenvalue weighted by molar-refractivity contribution is 4.63. The first kappa shape index (κ1) is 13.0. The van der Waals surface area contributed by atoms with E-state index in [1.807, 2.05) is 0 Å². The van der Waals surface area contributed by atoms with Crippen LogP contribution >= 0.6 is 0 Å². The molecular formula is C12H27N. The van der Waals surface area contributed by atoms with Crippen LogP contribution in [0.1, 0.15) is 53.9 Å². The molecule has 13 heavy (non-hydrogen) atoms. The summed E-state index contributed by atoms with van der Waals surface area (Å²) in [6, 6.07) is 0.713. The molecule has 0 aliphatic carbocycles. The van der Waals surface area contributed by atoms with E-state index in [0.717, 1.165) is 5.92 Å². The molecule has 0 aromatic heterocycles. The minimum atomic E-state index is 0.713. The third-order valence-electron chi connectivity index (χ3n) is 2.52. The molecule has 0 amide bonds. The highest BCUT2D eigenvalue weighted by atomic mass is 15.1. The fraction of sp³-hybridized carbons (Fsp3) is 1.00. The van der Waals surface area contributed by atoms with Crippen molar-refractivity contribution in [3.8, 4) is 0 Å². The molecule has 0 spiro atoms. The van der Waals surface area contributed by atoms with E-state index in [0.29, 0.717) is 6.04 Å². The molecule has 0 fully saturated rings. The smallest absolute Gasteiger partial charge is 0.00385 e. The third-order valence-corrected chi connectivity index (χ3v) is 2.52. The summed E-state index contributed by atoms with van der Waals surface area (Å²) in [7, 11) is 0. The van der Waals surface area contributed by atoms with Gasteiger partial charge in [-0.1, -0.05) is 27.2 Å². The van der Waals surface area contributed by atoms with E-state index in [1.165, 1.54) is 32.4 Å². The maximum Gasteiger partial charge on any atom is 0.00385 e. The molecule has 1 heteroatoms. The molecule has 0 radical (unpaired) electrons. The predicted octanol–water partition coefficient (Wildman–Crippen LogP) is 3.54. The number of nitrogens with zero attached hydrogens (tertiary/aromatic N) is 1. The van der Waals surface area contributed by atoms with Crippen LogP contribution in [0.5, 0.6) is 0 Å². The average Bonchev–Trinajstić information content (AvgIpc) is 2.03. The van der Waals surface area contributed by atoms with Crippen LogP contribution in [-0.2, 0) is 0 Å². The summed E-state index contributed by atoms with van der Waals surface area (Å²) in [4.78, 5) is 2.60. The van der Waals surface area contributed by atoms with Gasteiger partial charge >= 0.3 is 0 Å². The molecule has 0 N–H and O–H groups in total. The van der Waals surface area contributed by atoms with Gasteiger partial charge in [-0.05, 0) is 45.7 Å². The summed E-state index contributed by atoms with van der Waals surface area (Å²) < 4.78 is 0. The zero-order valence-corrected chi connectivity index (χ0v) is 10.1. The molecule has 1 nitrogen and oxygen atoms in total. The molecule has 0 rings (SSSR count). The summed E-state index contributed by atoms with van der Waals surface area (Å²) in [6.45, 7) is 14.0. The fourth-order valence-corrected chi connectivity index (χ4v) is 1.41. The SMILES string of the molecule is CCCCN(CCC(C)C)C(C)C. The Balaban J connectivity index is 3.67. The topological polar surface area (TPSA) is 3.24 Å². The maximum absolute atomic E-state index is 2.60. The van der Waals surface area contributed by atoms with E-state index in [4.69, 9.17) is 0 Å². The van der Waals surface area contributed by atoms with Crippen LogP contribution in [0.25, 0.3) is 0 Å². The van der Waals surface area contributed by atoms with Gasteiger partial charge in [0.15, 0.2) is 0 Å². The van der Waals surface area contributed by atoms with Gasteiger partial charge in [0, 0.05) is 6.04 Å². The van der Waals surface area contributed by atoms with Gasteiger partial charge in [0.2, 0.25) is 0 Å². The Kier molecular flexibility index (Phi) is 7.35. The van der Waals surface area contributed by atoms with Crippen LogP contribution in [0.3, 0.4) is 0 Å². The summed E-state index contributed by atoms with van der Waals surface area (Å²) in [5, 5.41) is 0. The molecule has 0 aromatic rings. The summed E-state index contributed by atoms with van der Waals surface area (Å²) in [5.41, 5.74) is 0. The zero-order chi connectivity index (χ0) is 10.3. The summed E-state index contributed by atoms with van der Waals surface area (Å²) in [6.07, 6.45) is 3.99. The molecule has 0 unspecified atom stereocenters. The molecule has 0 heterocycles. The van der Waals surface area contributed by atoms with Gasteiger partial charge in [-0.2, -0.15) is 0 Å². The lowest BCUT2D eigenvalue weighted by Gasteiger charge is -2.26. The Hall–Kier alpha value is -0.0400. The van der Waals surface area contributed by atoms with E-state index < -0.39 is 0 Å². The third kappa shape index (κ3) is 7.06. The second kappa shape index (κ2) is 7.37. The lowest BCUT2D eigenvalue weighted by molar-refractivity contribution is 0.207. The van der Waals surface area contributed by atoms with Gasteiger partial charge in [0.1, 0.15) is 0 Å². The quantitative estimate of drug-likeness (QED) is 0.586. The van der Waals surface area contributed by atoms with E-state index in [2.05, 4.69) is 39.5 Å². The maximum atomic E-state index is 2.60.